The number of aryl methyl sites for hydroxylation is 1. The number of unbranched alkanes of at least 4 members (excludes halogenated alkanes) is 2. The Morgan fingerprint density at radius 1 is 0.806 bits per heavy atom. The van der Waals surface area contributed by atoms with Crippen molar-refractivity contribution >= 4 is 0 Å². The Balaban J connectivity index is 1.35. The molecule has 2 aliphatic carbocycles. The first-order chi connectivity index (χ1) is 15.3. The van der Waals surface area contributed by atoms with Crippen LogP contribution in [0.15, 0.2) is 55.1 Å². The van der Waals surface area contributed by atoms with Crippen LogP contribution >= 0.6 is 0 Å². The van der Waals surface area contributed by atoms with Crippen LogP contribution in [0.25, 0.3) is 11.1 Å². The first kappa shape index (κ1) is 22.4. The largest absolute Gasteiger partial charge is 0.103 e. The van der Waals surface area contributed by atoms with E-state index in [-0.39, 0.29) is 0 Å². The minimum absolute atomic E-state index is 0.766. The van der Waals surface area contributed by atoms with Gasteiger partial charge in [0.1, 0.15) is 0 Å². The van der Waals surface area contributed by atoms with Crippen molar-refractivity contribution in [3.8, 4) is 11.1 Å². The van der Waals surface area contributed by atoms with Gasteiger partial charge in [-0.1, -0.05) is 81.1 Å². The Morgan fingerprint density at radius 2 is 1.58 bits per heavy atom. The predicted octanol–water partition coefficient (Wildman–Crippen LogP) is 9.28. The first-order valence-electron chi connectivity index (χ1n) is 13.1. The second-order valence-electron chi connectivity index (χ2n) is 10.3. The van der Waals surface area contributed by atoms with Crippen LogP contribution in [-0.2, 0) is 12.8 Å². The Labute approximate surface area is 191 Å². The molecule has 1 fully saturated rings. The summed E-state index contributed by atoms with van der Waals surface area (Å²) in [4.78, 5) is 0. The molecule has 0 radical (unpaired) electrons. The van der Waals surface area contributed by atoms with E-state index in [1.165, 1.54) is 94.6 Å². The van der Waals surface area contributed by atoms with Gasteiger partial charge in [-0.15, -0.1) is 6.58 Å². The summed E-state index contributed by atoms with van der Waals surface area (Å²) in [5.74, 6) is 2.61. The molecule has 166 valence electrons. The van der Waals surface area contributed by atoms with E-state index in [1.807, 2.05) is 0 Å². The molecule has 1 atom stereocenters. The Kier molecular flexibility index (Phi) is 8.06. The Bertz CT molecular complexity index is 820. The van der Waals surface area contributed by atoms with Gasteiger partial charge in [-0.2, -0.15) is 0 Å². The van der Waals surface area contributed by atoms with Gasteiger partial charge in [0.15, 0.2) is 0 Å². The van der Waals surface area contributed by atoms with Crippen molar-refractivity contribution in [3.05, 3.63) is 71.8 Å². The van der Waals surface area contributed by atoms with Gasteiger partial charge >= 0.3 is 0 Å². The molecule has 0 heteroatoms. The van der Waals surface area contributed by atoms with Crippen LogP contribution in [-0.4, -0.2) is 0 Å². The highest BCUT2D eigenvalue weighted by Gasteiger charge is 2.22. The maximum Gasteiger partial charge on any atom is -0.0162 e. The third-order valence-electron chi connectivity index (χ3n) is 8.09. The van der Waals surface area contributed by atoms with Gasteiger partial charge in [-0.25, -0.2) is 0 Å². The molecule has 0 saturated heterocycles. The van der Waals surface area contributed by atoms with E-state index >= 15 is 0 Å². The summed E-state index contributed by atoms with van der Waals surface area (Å²) in [7, 11) is 0. The van der Waals surface area contributed by atoms with Crippen molar-refractivity contribution in [1.82, 2.24) is 0 Å². The molecular weight excluding hydrogens is 372 g/mol. The predicted molar refractivity (Wildman–Crippen MR) is 136 cm³/mol. The van der Waals surface area contributed by atoms with Crippen LogP contribution in [0.5, 0.6) is 0 Å². The maximum absolute atomic E-state index is 3.88. The lowest BCUT2D eigenvalue weighted by atomic mass is 9.77. The normalized spacial score (nSPS) is 23.3. The van der Waals surface area contributed by atoms with E-state index < -0.39 is 0 Å². The van der Waals surface area contributed by atoms with Gasteiger partial charge in [0.2, 0.25) is 0 Å². The quantitative estimate of drug-likeness (QED) is 0.283. The highest BCUT2D eigenvalue weighted by Crippen LogP contribution is 2.38. The van der Waals surface area contributed by atoms with E-state index in [0.717, 1.165) is 17.8 Å². The molecule has 1 unspecified atom stereocenters. The summed E-state index contributed by atoms with van der Waals surface area (Å²) in [6.45, 7) is 6.19. The van der Waals surface area contributed by atoms with E-state index in [0.29, 0.717) is 0 Å². The molecule has 2 aliphatic rings. The van der Waals surface area contributed by atoms with Gasteiger partial charge in [0.05, 0.1) is 0 Å². The Hall–Kier alpha value is -1.82. The van der Waals surface area contributed by atoms with Crippen LogP contribution < -0.4 is 0 Å². The minimum atomic E-state index is 0.766. The van der Waals surface area contributed by atoms with Crippen molar-refractivity contribution in [2.75, 3.05) is 0 Å². The number of fused-ring (bicyclic) bond motifs is 1. The highest BCUT2D eigenvalue weighted by molar-refractivity contribution is 5.65. The minimum Gasteiger partial charge on any atom is -0.103 e. The molecular formula is C31H42. The smallest absolute Gasteiger partial charge is 0.0162 e. The van der Waals surface area contributed by atoms with E-state index in [1.54, 1.807) is 16.7 Å². The molecule has 0 spiro atoms. The maximum atomic E-state index is 3.88. The number of hydrogen-bond donors (Lipinski definition) is 0. The van der Waals surface area contributed by atoms with Gasteiger partial charge in [0, 0.05) is 0 Å². The first-order valence-corrected chi connectivity index (χ1v) is 13.1. The van der Waals surface area contributed by atoms with Crippen molar-refractivity contribution < 1.29 is 0 Å². The van der Waals surface area contributed by atoms with Gasteiger partial charge < -0.3 is 0 Å². The van der Waals surface area contributed by atoms with Crippen molar-refractivity contribution in [2.45, 2.75) is 96.3 Å². The molecule has 0 aromatic heterocycles. The third-order valence-corrected chi connectivity index (χ3v) is 8.09. The van der Waals surface area contributed by atoms with Gasteiger partial charge in [0.25, 0.3) is 0 Å². The number of benzene rings is 2. The van der Waals surface area contributed by atoms with E-state index in [2.05, 4.69) is 62.0 Å². The third kappa shape index (κ3) is 5.91. The molecule has 0 amide bonds. The van der Waals surface area contributed by atoms with E-state index in [9.17, 15) is 0 Å². The lowest BCUT2D eigenvalue weighted by Crippen LogP contribution is -2.14. The molecule has 4 rings (SSSR count). The number of rotatable bonds is 9. The monoisotopic (exact) mass is 414 g/mol. The molecule has 1 saturated carbocycles. The molecule has 0 N–H and O–H groups in total. The molecule has 0 bridgehead atoms. The number of allylic oxidation sites excluding steroid dienone is 1. The van der Waals surface area contributed by atoms with Crippen LogP contribution in [0.3, 0.4) is 0 Å². The molecule has 0 heterocycles. The second-order valence-corrected chi connectivity index (χ2v) is 10.3. The summed E-state index contributed by atoms with van der Waals surface area (Å²) in [6.07, 6.45) is 19.6. The summed E-state index contributed by atoms with van der Waals surface area (Å²) in [5, 5.41) is 0. The second kappa shape index (κ2) is 11.2. The summed E-state index contributed by atoms with van der Waals surface area (Å²) in [5.41, 5.74) is 7.56. The average molecular weight is 415 g/mol. The summed E-state index contributed by atoms with van der Waals surface area (Å²) in [6, 6.07) is 16.8. The van der Waals surface area contributed by atoms with Crippen molar-refractivity contribution in [2.24, 2.45) is 11.8 Å². The summed E-state index contributed by atoms with van der Waals surface area (Å²) < 4.78 is 0. The molecule has 2 aromatic carbocycles. The molecule has 2 aromatic rings. The SMILES string of the molecule is C=CCCC1CCC(c2ccc(-c3ccc4c(c3)CCC(CCCCC)C4)cc2)CC1. The average Bonchev–Trinajstić information content (AvgIpc) is 2.83. The van der Waals surface area contributed by atoms with Crippen molar-refractivity contribution in [3.63, 3.8) is 0 Å². The highest BCUT2D eigenvalue weighted by atomic mass is 14.3. The van der Waals surface area contributed by atoms with Gasteiger partial charge in [-0.3, -0.25) is 0 Å². The lowest BCUT2D eigenvalue weighted by Gasteiger charge is -2.28. The van der Waals surface area contributed by atoms with E-state index in [4.69, 9.17) is 0 Å². The zero-order valence-corrected chi connectivity index (χ0v) is 19.8. The fourth-order valence-corrected chi connectivity index (χ4v) is 6.03. The summed E-state index contributed by atoms with van der Waals surface area (Å²) >= 11 is 0. The zero-order chi connectivity index (χ0) is 21.5. The van der Waals surface area contributed by atoms with Crippen LogP contribution in [0, 0.1) is 11.8 Å². The standard InChI is InChI=1S/C31H42/c1-3-5-7-9-25-12-15-31-23-30(21-20-29(31)22-25)28-18-16-27(17-19-28)26-13-10-24(11-14-26)8-6-4-2/h4,16-21,23-26H,2-3,5-15,22H2,1H3. The van der Waals surface area contributed by atoms with Crippen LogP contribution in [0.2, 0.25) is 0 Å². The van der Waals surface area contributed by atoms with Crippen molar-refractivity contribution in [1.29, 1.82) is 0 Å². The molecule has 31 heavy (non-hydrogen) atoms. The van der Waals surface area contributed by atoms with Crippen LogP contribution in [0.1, 0.15) is 100 Å². The van der Waals surface area contributed by atoms with Gasteiger partial charge in [-0.05, 0) is 103 Å². The Morgan fingerprint density at radius 3 is 2.32 bits per heavy atom. The fraction of sp³-hybridized carbons (Fsp3) is 0.548. The zero-order valence-electron chi connectivity index (χ0n) is 19.8. The fourth-order valence-electron chi connectivity index (χ4n) is 6.03. The lowest BCUT2D eigenvalue weighted by molar-refractivity contribution is 0.312. The van der Waals surface area contributed by atoms with Crippen LogP contribution in [0.4, 0.5) is 0 Å². The topological polar surface area (TPSA) is 0 Å². The molecule has 0 nitrogen and oxygen atoms in total. The number of hydrogen-bond acceptors (Lipinski definition) is 0. The molecule has 0 aliphatic heterocycles.